The first-order valence-corrected chi connectivity index (χ1v) is 24.9. The third-order valence-corrected chi connectivity index (χ3v) is 12.6. The van der Waals surface area contributed by atoms with Crippen molar-refractivity contribution in [2.45, 2.75) is 58.0 Å². The van der Waals surface area contributed by atoms with Gasteiger partial charge in [-0.1, -0.05) is 158 Å². The van der Waals surface area contributed by atoms with E-state index >= 15 is 0 Å². The van der Waals surface area contributed by atoms with Crippen LogP contribution in [0.4, 0.5) is 0 Å². The number of aliphatic hydroxyl groups is 3. The molecule has 0 unspecified atom stereocenters. The molecule has 0 aliphatic rings. The quantitative estimate of drug-likeness (QED) is 0.0291. The second kappa shape index (κ2) is 29.9. The Morgan fingerprint density at radius 1 is 0.480 bits per heavy atom. The van der Waals surface area contributed by atoms with Crippen molar-refractivity contribution in [2.24, 2.45) is 0 Å². The fraction of sp³-hybridized carbons (Fsp3) is 0.222. The van der Waals surface area contributed by atoms with Crippen molar-refractivity contribution in [3.63, 3.8) is 0 Å². The van der Waals surface area contributed by atoms with E-state index in [0.29, 0.717) is 68.6 Å². The van der Waals surface area contributed by atoms with Gasteiger partial charge in [-0.2, -0.15) is 0 Å². The zero-order valence-electron chi connectivity index (χ0n) is 42.4. The third-order valence-electron chi connectivity index (χ3n) is 12.6. The number of carbonyl (C=O) groups excluding carboxylic acids is 1. The predicted octanol–water partition coefficient (Wildman–Crippen LogP) is 10.4. The molecule has 8 rings (SSSR count). The lowest BCUT2D eigenvalue weighted by Crippen LogP contribution is -2.30. The van der Waals surface area contributed by atoms with Gasteiger partial charge in [-0.15, -0.1) is 0 Å². The van der Waals surface area contributed by atoms with Crippen LogP contribution in [0.3, 0.4) is 0 Å². The van der Waals surface area contributed by atoms with E-state index in [1.165, 1.54) is 12.7 Å². The van der Waals surface area contributed by atoms with Crippen molar-refractivity contribution in [3.05, 3.63) is 262 Å². The minimum atomic E-state index is -0.829. The summed E-state index contributed by atoms with van der Waals surface area (Å²) in [5.74, 6) is 1.00. The fourth-order valence-corrected chi connectivity index (χ4v) is 8.44. The van der Waals surface area contributed by atoms with Gasteiger partial charge in [0, 0.05) is 53.2 Å². The number of phenolic OH excluding ortho intramolecular Hbond substituents is 2. The first kappa shape index (κ1) is 56.6. The first-order chi connectivity index (χ1) is 36.1. The lowest BCUT2D eigenvalue weighted by atomic mass is 10.0. The molecule has 11 nitrogen and oxygen atoms in total. The smallest absolute Gasteiger partial charge is 0.341 e. The van der Waals surface area contributed by atoms with E-state index in [1.807, 2.05) is 140 Å². The Hall–Kier alpha value is -7.71. The van der Waals surface area contributed by atoms with Gasteiger partial charge >= 0.3 is 5.97 Å². The van der Waals surface area contributed by atoms with E-state index in [1.54, 1.807) is 42.5 Å². The Labute approximate surface area is 443 Å². The minimum absolute atomic E-state index is 0. The standard InChI is InChI=1S/C32H33NO5.C31H33NO4.B/c1-37-32(36)29-20-27(14-17-31(29)38-23-26-10-6-3-7-11-26)30(35)22-33(21-25-8-4-2-5-9-25)19-18-24-12-15-28(34)16-13-24;33-22-28-19-27(13-16-31(28)36-23-26-9-5-2-6-10-26)30(35)21-32(20-25-7-3-1-4-8-25)18-17-24-11-14-29(34)15-12-24;/h2-17,20,30,34-35H,18-19,21-23H2,1H3;1-16,19,30,33-35H,17-18,20-23H2;/t2*30-;/m00./s1. The Balaban J connectivity index is 0.000000241. The molecule has 0 amide bonds. The zero-order chi connectivity index (χ0) is 51.9. The largest absolute Gasteiger partial charge is 0.508 e. The summed E-state index contributed by atoms with van der Waals surface area (Å²) in [7, 11) is 1.33. The number of hydrogen-bond acceptors (Lipinski definition) is 11. The van der Waals surface area contributed by atoms with Gasteiger partial charge in [0.05, 0.1) is 25.9 Å². The molecule has 5 N–H and O–H groups in total. The van der Waals surface area contributed by atoms with Crippen molar-refractivity contribution < 1.29 is 44.5 Å². The molecule has 385 valence electrons. The average Bonchev–Trinajstić information content (AvgIpc) is 3.44. The number of rotatable bonds is 24. The van der Waals surface area contributed by atoms with Crippen LogP contribution in [0.5, 0.6) is 23.0 Å². The van der Waals surface area contributed by atoms with Crippen LogP contribution in [0.15, 0.2) is 206 Å². The third kappa shape index (κ3) is 18.3. The molecule has 2 atom stereocenters. The van der Waals surface area contributed by atoms with E-state index in [-0.39, 0.29) is 32.1 Å². The van der Waals surface area contributed by atoms with Crippen molar-refractivity contribution in [1.82, 2.24) is 9.80 Å². The normalized spacial score (nSPS) is 11.7. The molecule has 8 aromatic rings. The average molecular weight is 1010 g/mol. The van der Waals surface area contributed by atoms with Gasteiger partial charge in [-0.25, -0.2) is 4.79 Å². The van der Waals surface area contributed by atoms with Gasteiger partial charge in [-0.3, -0.25) is 9.80 Å². The summed E-state index contributed by atoms with van der Waals surface area (Å²) in [5, 5.41) is 51.4. The summed E-state index contributed by atoms with van der Waals surface area (Å²) in [6.07, 6.45) is 0.0140. The highest BCUT2D eigenvalue weighted by atomic mass is 16.5. The highest BCUT2D eigenvalue weighted by Crippen LogP contribution is 2.28. The molecule has 0 bridgehead atoms. The van der Waals surface area contributed by atoms with Gasteiger partial charge in [0.1, 0.15) is 41.8 Å². The maximum Gasteiger partial charge on any atom is 0.341 e. The predicted molar refractivity (Wildman–Crippen MR) is 294 cm³/mol. The second-order valence-corrected chi connectivity index (χ2v) is 18.1. The number of aromatic hydroxyl groups is 2. The molecule has 0 aliphatic heterocycles. The molecule has 0 heterocycles. The maximum absolute atomic E-state index is 12.6. The molecule has 8 aromatic carbocycles. The van der Waals surface area contributed by atoms with Crippen LogP contribution in [0.1, 0.15) is 72.6 Å². The van der Waals surface area contributed by atoms with Gasteiger partial charge in [0.25, 0.3) is 0 Å². The molecule has 0 aliphatic carbocycles. The van der Waals surface area contributed by atoms with Crippen LogP contribution in [0.25, 0.3) is 0 Å². The highest BCUT2D eigenvalue weighted by molar-refractivity contribution is 5.92. The second-order valence-electron chi connectivity index (χ2n) is 18.1. The molecule has 0 saturated heterocycles. The van der Waals surface area contributed by atoms with Crippen molar-refractivity contribution in [3.8, 4) is 23.0 Å². The van der Waals surface area contributed by atoms with Crippen LogP contribution in [-0.4, -0.2) is 83.0 Å². The summed E-state index contributed by atoms with van der Waals surface area (Å²) in [4.78, 5) is 17.0. The molecule has 0 aromatic heterocycles. The molecular formula is C63H66BN2O9. The Morgan fingerprint density at radius 2 is 0.867 bits per heavy atom. The van der Waals surface area contributed by atoms with Crippen LogP contribution >= 0.6 is 0 Å². The van der Waals surface area contributed by atoms with Crippen LogP contribution in [0.2, 0.25) is 0 Å². The molecule has 12 heteroatoms. The van der Waals surface area contributed by atoms with E-state index in [2.05, 4.69) is 34.1 Å². The number of hydrogen-bond donors (Lipinski definition) is 5. The van der Waals surface area contributed by atoms with Crippen LogP contribution < -0.4 is 9.47 Å². The Kier molecular flexibility index (Phi) is 22.5. The van der Waals surface area contributed by atoms with E-state index < -0.39 is 18.2 Å². The summed E-state index contributed by atoms with van der Waals surface area (Å²) in [6.45, 7) is 4.21. The highest BCUT2D eigenvalue weighted by Gasteiger charge is 2.21. The number of aliphatic hydroxyl groups excluding tert-OH is 3. The van der Waals surface area contributed by atoms with Crippen molar-refractivity contribution >= 4 is 14.4 Å². The number of ether oxygens (including phenoxy) is 3. The Bertz CT molecular complexity index is 2900. The van der Waals surface area contributed by atoms with Gasteiger partial charge < -0.3 is 39.7 Å². The summed E-state index contributed by atoms with van der Waals surface area (Å²) in [6, 6.07) is 65.0. The Morgan fingerprint density at radius 3 is 1.28 bits per heavy atom. The number of carbonyl (C=O) groups is 1. The van der Waals surface area contributed by atoms with E-state index in [0.717, 1.165) is 52.8 Å². The van der Waals surface area contributed by atoms with Crippen molar-refractivity contribution in [2.75, 3.05) is 33.3 Å². The molecule has 3 radical (unpaired) electrons. The molecule has 0 spiro atoms. The zero-order valence-corrected chi connectivity index (χ0v) is 42.4. The summed E-state index contributed by atoms with van der Waals surface area (Å²) < 4.78 is 16.9. The number of benzene rings is 8. The number of nitrogens with zero attached hydrogens (tertiary/aromatic N) is 2. The SMILES string of the molecule is COC(=O)c1cc([C@@H](O)CN(CCc2ccc(O)cc2)Cc2ccccc2)ccc1OCc1ccccc1.OCc1cc([C@@H](O)CN(CCc2ccc(O)cc2)Cc2ccccc2)ccc1OCc1ccccc1.[B]. The number of esters is 1. The number of methoxy groups -OCH3 is 1. The maximum atomic E-state index is 12.6. The monoisotopic (exact) mass is 1010 g/mol. The minimum Gasteiger partial charge on any atom is -0.508 e. The lowest BCUT2D eigenvalue weighted by Gasteiger charge is -2.26. The van der Waals surface area contributed by atoms with Gasteiger partial charge in [0.2, 0.25) is 0 Å². The fourth-order valence-electron chi connectivity index (χ4n) is 8.44. The molecular weight excluding hydrogens is 940 g/mol. The first-order valence-electron chi connectivity index (χ1n) is 24.9. The van der Waals surface area contributed by atoms with E-state index in [9.17, 15) is 30.3 Å². The van der Waals surface area contributed by atoms with Crippen LogP contribution in [0, 0.1) is 0 Å². The molecule has 0 fully saturated rings. The van der Waals surface area contributed by atoms with Crippen LogP contribution in [-0.2, 0) is 50.5 Å². The van der Waals surface area contributed by atoms with E-state index in [4.69, 9.17) is 14.2 Å². The summed E-state index contributed by atoms with van der Waals surface area (Å²) >= 11 is 0. The molecule has 75 heavy (non-hydrogen) atoms. The molecule has 0 saturated carbocycles. The topological polar surface area (TPSA) is 152 Å². The summed E-state index contributed by atoms with van der Waals surface area (Å²) in [5.41, 5.74) is 8.87. The van der Waals surface area contributed by atoms with Gasteiger partial charge in [0.15, 0.2) is 0 Å². The number of phenols is 2. The van der Waals surface area contributed by atoms with Crippen molar-refractivity contribution in [1.29, 1.82) is 0 Å². The van der Waals surface area contributed by atoms with Gasteiger partial charge in [-0.05, 0) is 106 Å². The lowest BCUT2D eigenvalue weighted by molar-refractivity contribution is 0.0594.